The molecule has 3 rings (SSSR count). The molecule has 0 aliphatic carbocycles. The van der Waals surface area contributed by atoms with Gasteiger partial charge in [-0.25, -0.2) is 0 Å². The number of thiocarbonyl (C=S) groups is 1. The summed E-state index contributed by atoms with van der Waals surface area (Å²) in [5, 5.41) is 19.5. The van der Waals surface area contributed by atoms with E-state index in [4.69, 9.17) is 17.0 Å². The highest BCUT2D eigenvalue weighted by Crippen LogP contribution is 2.34. The van der Waals surface area contributed by atoms with Crippen molar-refractivity contribution in [2.75, 3.05) is 12.4 Å². The highest BCUT2D eigenvalue weighted by Gasteiger charge is 2.30. The van der Waals surface area contributed by atoms with E-state index in [0.717, 1.165) is 22.4 Å². The van der Waals surface area contributed by atoms with E-state index >= 15 is 0 Å². The van der Waals surface area contributed by atoms with Crippen LogP contribution in [0.3, 0.4) is 0 Å². The SMILES string of the molecule is COc1cc([C@@H]2NC(=S)NC(C)=C2C(=O)Nc2cc(C)ccc2C)ccc1O. The van der Waals surface area contributed by atoms with Crippen LogP contribution in [0, 0.1) is 13.8 Å². The molecule has 0 aromatic heterocycles. The predicted octanol–water partition coefficient (Wildman–Crippen LogP) is 3.45. The van der Waals surface area contributed by atoms with Gasteiger partial charge < -0.3 is 25.8 Å². The molecular formula is C21H23N3O3S. The van der Waals surface area contributed by atoms with E-state index in [0.29, 0.717) is 22.1 Å². The van der Waals surface area contributed by atoms with Crippen molar-refractivity contribution < 1.29 is 14.6 Å². The molecule has 1 amide bonds. The molecule has 7 heteroatoms. The van der Waals surface area contributed by atoms with E-state index < -0.39 is 6.04 Å². The first-order valence-corrected chi connectivity index (χ1v) is 9.24. The maximum atomic E-state index is 13.2. The third kappa shape index (κ3) is 3.94. The Morgan fingerprint density at radius 2 is 1.93 bits per heavy atom. The fourth-order valence-electron chi connectivity index (χ4n) is 3.18. The summed E-state index contributed by atoms with van der Waals surface area (Å²) in [6.07, 6.45) is 0. The molecule has 4 N–H and O–H groups in total. The Balaban J connectivity index is 2.00. The Morgan fingerprint density at radius 1 is 1.18 bits per heavy atom. The van der Waals surface area contributed by atoms with Crippen LogP contribution in [0.25, 0.3) is 0 Å². The number of aryl methyl sites for hydroxylation is 2. The summed E-state index contributed by atoms with van der Waals surface area (Å²) in [5.41, 5.74) is 4.75. The second-order valence-electron chi connectivity index (χ2n) is 6.77. The number of carbonyl (C=O) groups excluding carboxylic acids is 1. The molecule has 1 aliphatic heterocycles. The van der Waals surface area contributed by atoms with Crippen LogP contribution in [-0.2, 0) is 4.79 Å². The van der Waals surface area contributed by atoms with E-state index in [2.05, 4.69) is 16.0 Å². The highest BCUT2D eigenvalue weighted by molar-refractivity contribution is 7.80. The molecule has 0 unspecified atom stereocenters. The summed E-state index contributed by atoms with van der Waals surface area (Å²) >= 11 is 5.29. The number of carbonyl (C=O) groups is 1. The Morgan fingerprint density at radius 3 is 2.64 bits per heavy atom. The standard InChI is InChI=1S/C21H23N3O3S/c1-11-5-6-12(2)15(9-11)23-20(26)18-13(3)22-21(28)24-19(18)14-7-8-16(25)17(10-14)27-4/h5-10,19,25H,1-4H3,(H,23,26)(H2,22,24,28)/t19-/m0/s1. The molecule has 0 saturated carbocycles. The summed E-state index contributed by atoms with van der Waals surface area (Å²) in [5.74, 6) is 0.131. The van der Waals surface area contributed by atoms with Crippen LogP contribution in [0.5, 0.6) is 11.5 Å². The third-order valence-corrected chi connectivity index (χ3v) is 4.91. The Bertz CT molecular complexity index is 985. The molecule has 0 radical (unpaired) electrons. The minimum Gasteiger partial charge on any atom is -0.504 e. The second-order valence-corrected chi connectivity index (χ2v) is 7.18. The molecular weight excluding hydrogens is 374 g/mol. The van der Waals surface area contributed by atoms with Gasteiger partial charge in [-0.2, -0.15) is 0 Å². The number of rotatable bonds is 4. The van der Waals surface area contributed by atoms with Crippen LogP contribution < -0.4 is 20.7 Å². The first-order chi connectivity index (χ1) is 13.3. The number of amides is 1. The average Bonchev–Trinajstić information content (AvgIpc) is 2.64. The largest absolute Gasteiger partial charge is 0.504 e. The summed E-state index contributed by atoms with van der Waals surface area (Å²) in [6, 6.07) is 10.4. The molecule has 6 nitrogen and oxygen atoms in total. The van der Waals surface area contributed by atoms with Crippen LogP contribution in [0.1, 0.15) is 29.7 Å². The lowest BCUT2D eigenvalue weighted by Crippen LogP contribution is -2.45. The van der Waals surface area contributed by atoms with Gasteiger partial charge >= 0.3 is 0 Å². The number of benzene rings is 2. The number of hydrogen-bond donors (Lipinski definition) is 4. The molecule has 1 heterocycles. The molecule has 1 atom stereocenters. The minimum atomic E-state index is -0.478. The van der Waals surface area contributed by atoms with Gasteiger partial charge in [-0.15, -0.1) is 0 Å². The van der Waals surface area contributed by atoms with Crippen LogP contribution in [-0.4, -0.2) is 23.2 Å². The number of allylic oxidation sites excluding steroid dienone is 1. The number of aromatic hydroxyl groups is 1. The van der Waals surface area contributed by atoms with E-state index in [1.807, 2.05) is 39.0 Å². The number of ether oxygens (including phenoxy) is 1. The molecule has 2 aromatic carbocycles. The molecule has 2 aromatic rings. The number of anilines is 1. The van der Waals surface area contributed by atoms with Gasteiger partial charge in [0.15, 0.2) is 16.6 Å². The summed E-state index contributed by atoms with van der Waals surface area (Å²) < 4.78 is 5.21. The number of phenols is 1. The van der Waals surface area contributed by atoms with Gasteiger partial charge in [0, 0.05) is 11.4 Å². The van der Waals surface area contributed by atoms with Crippen molar-refractivity contribution >= 4 is 28.9 Å². The van der Waals surface area contributed by atoms with Gasteiger partial charge in [-0.3, -0.25) is 4.79 Å². The van der Waals surface area contributed by atoms with Crippen LogP contribution >= 0.6 is 12.2 Å². The van der Waals surface area contributed by atoms with Gasteiger partial charge in [0.05, 0.1) is 18.7 Å². The van der Waals surface area contributed by atoms with Crippen molar-refractivity contribution in [3.8, 4) is 11.5 Å². The lowest BCUT2D eigenvalue weighted by Gasteiger charge is -2.30. The van der Waals surface area contributed by atoms with Crippen molar-refractivity contribution in [3.05, 3.63) is 64.4 Å². The smallest absolute Gasteiger partial charge is 0.255 e. The first-order valence-electron chi connectivity index (χ1n) is 8.84. The maximum Gasteiger partial charge on any atom is 0.255 e. The predicted molar refractivity (Wildman–Crippen MR) is 114 cm³/mol. The van der Waals surface area contributed by atoms with Crippen molar-refractivity contribution in [1.82, 2.24) is 10.6 Å². The van der Waals surface area contributed by atoms with Crippen LogP contribution in [0.15, 0.2) is 47.7 Å². The topological polar surface area (TPSA) is 82.6 Å². The Labute approximate surface area is 169 Å². The number of methoxy groups -OCH3 is 1. The van der Waals surface area contributed by atoms with Gasteiger partial charge in [-0.05, 0) is 67.9 Å². The molecule has 28 heavy (non-hydrogen) atoms. The van der Waals surface area contributed by atoms with Gasteiger partial charge in [0.25, 0.3) is 5.91 Å². The summed E-state index contributed by atoms with van der Waals surface area (Å²) in [7, 11) is 1.48. The molecule has 0 saturated heterocycles. The molecule has 1 aliphatic rings. The first kappa shape index (κ1) is 19.7. The fourth-order valence-corrected chi connectivity index (χ4v) is 3.45. The molecule has 0 spiro atoms. The zero-order valence-corrected chi connectivity index (χ0v) is 17.0. The maximum absolute atomic E-state index is 13.2. The van der Waals surface area contributed by atoms with Crippen molar-refractivity contribution in [2.45, 2.75) is 26.8 Å². The molecule has 146 valence electrons. The van der Waals surface area contributed by atoms with Gasteiger partial charge in [0.2, 0.25) is 0 Å². The number of nitrogens with one attached hydrogen (secondary N) is 3. The monoisotopic (exact) mass is 397 g/mol. The Kier molecular flexibility index (Phi) is 5.56. The van der Waals surface area contributed by atoms with E-state index in [1.54, 1.807) is 12.1 Å². The van der Waals surface area contributed by atoms with Crippen molar-refractivity contribution in [1.29, 1.82) is 0 Å². The third-order valence-electron chi connectivity index (χ3n) is 4.69. The van der Waals surface area contributed by atoms with Crippen molar-refractivity contribution in [3.63, 3.8) is 0 Å². The highest BCUT2D eigenvalue weighted by atomic mass is 32.1. The quantitative estimate of drug-likeness (QED) is 0.592. The fraction of sp³-hybridized carbons (Fsp3) is 0.238. The lowest BCUT2D eigenvalue weighted by molar-refractivity contribution is -0.113. The summed E-state index contributed by atoms with van der Waals surface area (Å²) in [4.78, 5) is 13.2. The summed E-state index contributed by atoms with van der Waals surface area (Å²) in [6.45, 7) is 5.74. The lowest BCUT2D eigenvalue weighted by atomic mass is 9.94. The van der Waals surface area contributed by atoms with Crippen molar-refractivity contribution in [2.24, 2.45) is 0 Å². The second kappa shape index (κ2) is 7.90. The average molecular weight is 398 g/mol. The van der Waals surface area contributed by atoms with Crippen LogP contribution in [0.2, 0.25) is 0 Å². The zero-order valence-electron chi connectivity index (χ0n) is 16.2. The normalized spacial score (nSPS) is 16.3. The zero-order chi connectivity index (χ0) is 20.4. The molecule has 0 fully saturated rings. The number of phenolic OH excluding ortho intramolecular Hbond substituents is 1. The van der Waals surface area contributed by atoms with E-state index in [9.17, 15) is 9.90 Å². The minimum absolute atomic E-state index is 0.0323. The van der Waals surface area contributed by atoms with Gasteiger partial charge in [0.1, 0.15) is 0 Å². The van der Waals surface area contributed by atoms with E-state index in [1.165, 1.54) is 13.2 Å². The van der Waals surface area contributed by atoms with Gasteiger partial charge in [-0.1, -0.05) is 18.2 Å². The van der Waals surface area contributed by atoms with E-state index in [-0.39, 0.29) is 11.7 Å². The van der Waals surface area contributed by atoms with Crippen LogP contribution in [0.4, 0.5) is 5.69 Å². The Hall–Kier alpha value is -3.06. The molecule has 0 bridgehead atoms. The number of hydrogen-bond acceptors (Lipinski definition) is 4.